The number of phenolic OH excluding ortho intramolecular Hbond substituents is 1. The van der Waals surface area contributed by atoms with Crippen molar-refractivity contribution < 1.29 is 24.2 Å². The Balaban J connectivity index is 2.04. The number of hydrogen-bond donors (Lipinski definition) is 3. The Kier molecular flexibility index (Phi) is 5.84. The standard InChI is InChI=1S/C18H20N2O5/c1-11(15-10-14(25-3)7-8-16(15)21)19-17(22)18(23)20-12-5-4-6-13(9-12)24-2/h4-11,21H,1-3H3,(H,19,22)(H,20,23)/t11-/m0/s1. The maximum atomic E-state index is 12.1. The van der Waals surface area contributed by atoms with Crippen LogP contribution in [0.5, 0.6) is 17.2 Å². The van der Waals surface area contributed by atoms with Crippen molar-refractivity contribution in [1.29, 1.82) is 0 Å². The van der Waals surface area contributed by atoms with Crippen molar-refractivity contribution in [2.24, 2.45) is 0 Å². The molecule has 2 rings (SSSR count). The second-order valence-electron chi connectivity index (χ2n) is 5.31. The number of rotatable bonds is 5. The van der Waals surface area contributed by atoms with Gasteiger partial charge in [0.1, 0.15) is 17.2 Å². The molecule has 0 aliphatic heterocycles. The number of amides is 2. The molecule has 25 heavy (non-hydrogen) atoms. The van der Waals surface area contributed by atoms with Crippen molar-refractivity contribution in [2.75, 3.05) is 19.5 Å². The normalized spacial score (nSPS) is 11.3. The molecule has 132 valence electrons. The van der Waals surface area contributed by atoms with E-state index in [2.05, 4.69) is 10.6 Å². The predicted octanol–water partition coefficient (Wildman–Crippen LogP) is 2.23. The number of nitrogens with one attached hydrogen (secondary N) is 2. The van der Waals surface area contributed by atoms with Crippen LogP contribution in [0.3, 0.4) is 0 Å². The average Bonchev–Trinajstić information content (AvgIpc) is 2.62. The predicted molar refractivity (Wildman–Crippen MR) is 92.8 cm³/mol. The monoisotopic (exact) mass is 344 g/mol. The fraction of sp³-hybridized carbons (Fsp3) is 0.222. The summed E-state index contributed by atoms with van der Waals surface area (Å²) in [5.41, 5.74) is 0.887. The first-order valence-electron chi connectivity index (χ1n) is 7.57. The number of phenols is 1. The van der Waals surface area contributed by atoms with Gasteiger partial charge in [0.25, 0.3) is 0 Å². The molecule has 2 amide bonds. The van der Waals surface area contributed by atoms with Gasteiger partial charge in [0.15, 0.2) is 0 Å². The zero-order chi connectivity index (χ0) is 18.4. The summed E-state index contributed by atoms with van der Waals surface area (Å²) in [4.78, 5) is 24.1. The van der Waals surface area contributed by atoms with Gasteiger partial charge in [0, 0.05) is 17.3 Å². The Morgan fingerprint density at radius 1 is 1.00 bits per heavy atom. The van der Waals surface area contributed by atoms with Crippen molar-refractivity contribution in [3.8, 4) is 17.2 Å². The van der Waals surface area contributed by atoms with Crippen molar-refractivity contribution >= 4 is 17.5 Å². The molecule has 0 heterocycles. The molecule has 2 aromatic carbocycles. The summed E-state index contributed by atoms with van der Waals surface area (Å²) in [5, 5.41) is 15.0. The molecule has 1 atom stereocenters. The first-order valence-corrected chi connectivity index (χ1v) is 7.57. The van der Waals surface area contributed by atoms with E-state index in [4.69, 9.17) is 9.47 Å². The Bertz CT molecular complexity index is 776. The Labute approximate surface area is 145 Å². The number of benzene rings is 2. The number of anilines is 1. The molecule has 7 nitrogen and oxygen atoms in total. The molecule has 2 aromatic rings. The lowest BCUT2D eigenvalue weighted by Crippen LogP contribution is -2.36. The van der Waals surface area contributed by atoms with Gasteiger partial charge in [0.2, 0.25) is 0 Å². The minimum absolute atomic E-state index is 0.00167. The van der Waals surface area contributed by atoms with Gasteiger partial charge in [-0.25, -0.2) is 0 Å². The van der Waals surface area contributed by atoms with E-state index in [9.17, 15) is 14.7 Å². The molecule has 0 saturated carbocycles. The first-order chi connectivity index (χ1) is 11.9. The Hall–Kier alpha value is -3.22. The molecule has 0 fully saturated rings. The number of carbonyl (C=O) groups excluding carboxylic acids is 2. The number of carbonyl (C=O) groups is 2. The highest BCUT2D eigenvalue weighted by Crippen LogP contribution is 2.28. The lowest BCUT2D eigenvalue weighted by atomic mass is 10.1. The molecule has 0 aromatic heterocycles. The van der Waals surface area contributed by atoms with Crippen LogP contribution in [0.2, 0.25) is 0 Å². The van der Waals surface area contributed by atoms with Crippen molar-refractivity contribution in [3.63, 3.8) is 0 Å². The minimum atomic E-state index is -0.822. The van der Waals surface area contributed by atoms with Gasteiger partial charge >= 0.3 is 11.8 Å². The molecule has 0 aliphatic carbocycles. The number of aromatic hydroxyl groups is 1. The zero-order valence-corrected chi connectivity index (χ0v) is 14.2. The van der Waals surface area contributed by atoms with E-state index in [0.29, 0.717) is 22.7 Å². The summed E-state index contributed by atoms with van der Waals surface area (Å²) in [6.07, 6.45) is 0. The maximum Gasteiger partial charge on any atom is 0.313 e. The molecular formula is C18H20N2O5. The zero-order valence-electron chi connectivity index (χ0n) is 14.2. The third kappa shape index (κ3) is 4.63. The van der Waals surface area contributed by atoms with Crippen LogP contribution in [0.1, 0.15) is 18.5 Å². The van der Waals surface area contributed by atoms with Gasteiger partial charge in [-0.2, -0.15) is 0 Å². The van der Waals surface area contributed by atoms with Gasteiger partial charge in [-0.05, 0) is 37.3 Å². The Morgan fingerprint density at radius 2 is 1.68 bits per heavy atom. The van der Waals surface area contributed by atoms with E-state index in [-0.39, 0.29) is 5.75 Å². The van der Waals surface area contributed by atoms with E-state index < -0.39 is 17.9 Å². The van der Waals surface area contributed by atoms with Crippen LogP contribution in [0.25, 0.3) is 0 Å². The van der Waals surface area contributed by atoms with Gasteiger partial charge in [0.05, 0.1) is 20.3 Å². The van der Waals surface area contributed by atoms with Gasteiger partial charge in [-0.1, -0.05) is 6.07 Å². The van der Waals surface area contributed by atoms with Crippen molar-refractivity contribution in [1.82, 2.24) is 5.32 Å². The Morgan fingerprint density at radius 3 is 2.36 bits per heavy atom. The van der Waals surface area contributed by atoms with Gasteiger partial charge in [-0.15, -0.1) is 0 Å². The quantitative estimate of drug-likeness (QED) is 0.723. The topological polar surface area (TPSA) is 96.9 Å². The minimum Gasteiger partial charge on any atom is -0.508 e. The highest BCUT2D eigenvalue weighted by atomic mass is 16.5. The van der Waals surface area contributed by atoms with Crippen LogP contribution in [0.4, 0.5) is 5.69 Å². The second kappa shape index (κ2) is 8.05. The molecule has 0 bridgehead atoms. The van der Waals surface area contributed by atoms with E-state index in [1.807, 2.05) is 0 Å². The fourth-order valence-corrected chi connectivity index (χ4v) is 2.24. The van der Waals surface area contributed by atoms with E-state index in [1.165, 1.54) is 20.3 Å². The molecule has 7 heteroatoms. The number of hydrogen-bond acceptors (Lipinski definition) is 5. The van der Waals surface area contributed by atoms with Gasteiger partial charge in [-0.3, -0.25) is 9.59 Å². The summed E-state index contributed by atoms with van der Waals surface area (Å²) in [5.74, 6) is -0.538. The summed E-state index contributed by atoms with van der Waals surface area (Å²) in [6.45, 7) is 1.66. The second-order valence-corrected chi connectivity index (χ2v) is 5.31. The third-order valence-corrected chi connectivity index (χ3v) is 3.58. The number of methoxy groups -OCH3 is 2. The summed E-state index contributed by atoms with van der Waals surface area (Å²) < 4.78 is 10.2. The highest BCUT2D eigenvalue weighted by molar-refractivity contribution is 6.39. The summed E-state index contributed by atoms with van der Waals surface area (Å²) in [6, 6.07) is 10.7. The van der Waals surface area contributed by atoms with E-state index in [0.717, 1.165) is 0 Å². The van der Waals surface area contributed by atoms with Crippen molar-refractivity contribution in [3.05, 3.63) is 48.0 Å². The van der Waals surface area contributed by atoms with Crippen LogP contribution in [0.15, 0.2) is 42.5 Å². The smallest absolute Gasteiger partial charge is 0.313 e. The molecule has 0 spiro atoms. The van der Waals surface area contributed by atoms with Crippen LogP contribution in [-0.4, -0.2) is 31.1 Å². The van der Waals surface area contributed by atoms with Crippen molar-refractivity contribution in [2.45, 2.75) is 13.0 Å². The van der Waals surface area contributed by atoms with Crippen LogP contribution in [-0.2, 0) is 9.59 Å². The number of ether oxygens (including phenoxy) is 2. The average molecular weight is 344 g/mol. The first kappa shape index (κ1) is 18.1. The summed E-state index contributed by atoms with van der Waals surface area (Å²) >= 11 is 0. The maximum absolute atomic E-state index is 12.1. The van der Waals surface area contributed by atoms with E-state index in [1.54, 1.807) is 43.3 Å². The fourth-order valence-electron chi connectivity index (χ4n) is 2.24. The largest absolute Gasteiger partial charge is 0.508 e. The molecule has 0 unspecified atom stereocenters. The molecular weight excluding hydrogens is 324 g/mol. The lowest BCUT2D eigenvalue weighted by Gasteiger charge is -2.16. The SMILES string of the molecule is COc1cccc(NC(=O)C(=O)N[C@@H](C)c2cc(OC)ccc2O)c1. The van der Waals surface area contributed by atoms with Crippen LogP contribution < -0.4 is 20.1 Å². The van der Waals surface area contributed by atoms with Crippen LogP contribution >= 0.6 is 0 Å². The molecule has 0 saturated heterocycles. The lowest BCUT2D eigenvalue weighted by molar-refractivity contribution is -0.136. The highest BCUT2D eigenvalue weighted by Gasteiger charge is 2.19. The summed E-state index contributed by atoms with van der Waals surface area (Å²) in [7, 11) is 3.01. The van der Waals surface area contributed by atoms with Gasteiger partial charge < -0.3 is 25.2 Å². The van der Waals surface area contributed by atoms with E-state index >= 15 is 0 Å². The molecule has 3 N–H and O–H groups in total. The third-order valence-electron chi connectivity index (χ3n) is 3.58. The molecule has 0 radical (unpaired) electrons. The molecule has 0 aliphatic rings. The van der Waals surface area contributed by atoms with Crippen LogP contribution in [0, 0.1) is 0 Å².